The lowest BCUT2D eigenvalue weighted by molar-refractivity contribution is 0.144. The molecule has 1 atom stereocenters. The van der Waals surface area contributed by atoms with Crippen molar-refractivity contribution in [2.45, 2.75) is 38.8 Å². The number of nitrogens with one attached hydrogen (secondary N) is 1. The van der Waals surface area contributed by atoms with Crippen molar-refractivity contribution in [3.63, 3.8) is 0 Å². The summed E-state index contributed by atoms with van der Waals surface area (Å²) < 4.78 is 5.09. The molecule has 1 N–H and O–H groups in total. The average molecular weight is 297 g/mol. The number of amides is 2. The van der Waals surface area contributed by atoms with Crippen molar-refractivity contribution in [1.82, 2.24) is 15.2 Å². The maximum absolute atomic E-state index is 12.4. The molecule has 1 aliphatic rings. The molecule has 1 aromatic rings. The van der Waals surface area contributed by atoms with Gasteiger partial charge in [0, 0.05) is 31.3 Å². The number of urea groups is 1. The fraction of sp³-hybridized carbons (Fsp3) is 0.714. The quantitative estimate of drug-likeness (QED) is 0.802. The zero-order valence-corrected chi connectivity index (χ0v) is 13.0. The van der Waals surface area contributed by atoms with Gasteiger partial charge in [0.1, 0.15) is 5.01 Å². The number of aromatic nitrogens is 1. The molecular formula is C14H23N3O2S. The summed E-state index contributed by atoms with van der Waals surface area (Å²) in [6.07, 6.45) is 5.24. The van der Waals surface area contributed by atoms with Gasteiger partial charge < -0.3 is 15.0 Å². The minimum atomic E-state index is -0.00370. The maximum atomic E-state index is 12.4. The zero-order chi connectivity index (χ0) is 14.4. The zero-order valence-electron chi connectivity index (χ0n) is 12.2. The van der Waals surface area contributed by atoms with E-state index in [2.05, 4.69) is 17.2 Å². The van der Waals surface area contributed by atoms with Gasteiger partial charge in [-0.05, 0) is 25.2 Å². The van der Waals surface area contributed by atoms with E-state index in [1.807, 2.05) is 5.38 Å². The Bertz CT molecular complexity index is 407. The second kappa shape index (κ2) is 7.59. The molecule has 2 amide bonds. The van der Waals surface area contributed by atoms with Gasteiger partial charge in [0.25, 0.3) is 0 Å². The molecule has 1 aliphatic carbocycles. The van der Waals surface area contributed by atoms with Crippen LogP contribution in [0.2, 0.25) is 0 Å². The summed E-state index contributed by atoms with van der Waals surface area (Å²) in [5.74, 6) is 0.674. The number of hydrogen-bond donors (Lipinski definition) is 1. The van der Waals surface area contributed by atoms with Crippen LogP contribution in [0.15, 0.2) is 11.6 Å². The summed E-state index contributed by atoms with van der Waals surface area (Å²) in [7, 11) is 1.65. The van der Waals surface area contributed by atoms with E-state index in [1.54, 1.807) is 29.5 Å². The van der Waals surface area contributed by atoms with E-state index >= 15 is 0 Å². The maximum Gasteiger partial charge on any atom is 0.318 e. The van der Waals surface area contributed by atoms with Crippen LogP contribution in [0, 0.1) is 5.92 Å². The van der Waals surface area contributed by atoms with Gasteiger partial charge in [0.05, 0.1) is 13.2 Å². The molecule has 1 fully saturated rings. The first-order valence-electron chi connectivity index (χ1n) is 7.17. The van der Waals surface area contributed by atoms with Crippen LogP contribution in [0.5, 0.6) is 0 Å². The van der Waals surface area contributed by atoms with Gasteiger partial charge in [0.2, 0.25) is 0 Å². The molecule has 0 spiro atoms. The molecule has 0 aliphatic heterocycles. The first-order chi connectivity index (χ1) is 9.74. The smallest absolute Gasteiger partial charge is 0.318 e. The molecule has 5 nitrogen and oxygen atoms in total. The lowest BCUT2D eigenvalue weighted by atomic mass is 10.1. The van der Waals surface area contributed by atoms with Gasteiger partial charge >= 0.3 is 6.03 Å². The monoisotopic (exact) mass is 297 g/mol. The number of methoxy groups -OCH3 is 1. The van der Waals surface area contributed by atoms with E-state index in [0.29, 0.717) is 31.7 Å². The molecule has 0 aromatic carbocycles. The van der Waals surface area contributed by atoms with E-state index in [4.69, 9.17) is 4.74 Å². The normalized spacial score (nSPS) is 15.9. The van der Waals surface area contributed by atoms with E-state index in [9.17, 15) is 4.79 Å². The van der Waals surface area contributed by atoms with Gasteiger partial charge in [-0.25, -0.2) is 9.78 Å². The van der Waals surface area contributed by atoms with E-state index in [-0.39, 0.29) is 6.03 Å². The van der Waals surface area contributed by atoms with Crippen molar-refractivity contribution >= 4 is 17.4 Å². The highest BCUT2D eigenvalue weighted by Crippen LogP contribution is 2.33. The Labute approximate surface area is 124 Å². The highest BCUT2D eigenvalue weighted by Gasteiger charge is 2.31. The predicted molar refractivity (Wildman–Crippen MR) is 79.7 cm³/mol. The number of rotatable bonds is 8. The molecule has 0 bridgehead atoms. The molecular weight excluding hydrogens is 274 g/mol. The van der Waals surface area contributed by atoms with E-state index < -0.39 is 0 Å². The second-order valence-electron chi connectivity index (χ2n) is 5.14. The number of carbonyl (C=O) groups is 1. The van der Waals surface area contributed by atoms with E-state index in [1.165, 1.54) is 12.8 Å². The first-order valence-corrected chi connectivity index (χ1v) is 8.05. The van der Waals surface area contributed by atoms with Crippen LogP contribution < -0.4 is 5.32 Å². The lowest BCUT2D eigenvalue weighted by Crippen LogP contribution is -2.46. The molecule has 0 unspecified atom stereocenters. The molecule has 20 heavy (non-hydrogen) atoms. The SMILES string of the molecule is CC[C@H](NC(=O)N(CCOC)Cc1nccs1)C1CC1. The fourth-order valence-corrected chi connectivity index (χ4v) is 2.88. The van der Waals surface area contributed by atoms with Crippen LogP contribution in [0.1, 0.15) is 31.2 Å². The average Bonchev–Trinajstić information content (AvgIpc) is 3.17. The van der Waals surface area contributed by atoms with Crippen LogP contribution in [0.25, 0.3) is 0 Å². The van der Waals surface area contributed by atoms with Crippen molar-refractivity contribution in [3.05, 3.63) is 16.6 Å². The number of nitrogens with zero attached hydrogens (tertiary/aromatic N) is 2. The summed E-state index contributed by atoms with van der Waals surface area (Å²) in [6, 6.07) is 0.305. The third-order valence-corrected chi connectivity index (χ3v) is 4.37. The molecule has 2 rings (SSSR count). The number of carbonyl (C=O) groups excluding carboxylic acids is 1. The van der Waals surface area contributed by atoms with Gasteiger partial charge in [0.15, 0.2) is 0 Å². The Morgan fingerprint density at radius 3 is 3.00 bits per heavy atom. The lowest BCUT2D eigenvalue weighted by Gasteiger charge is -2.25. The number of hydrogen-bond acceptors (Lipinski definition) is 4. The van der Waals surface area contributed by atoms with Crippen LogP contribution in [0.3, 0.4) is 0 Å². The summed E-state index contributed by atoms with van der Waals surface area (Å²) in [4.78, 5) is 18.4. The van der Waals surface area contributed by atoms with Gasteiger partial charge in [-0.1, -0.05) is 6.92 Å². The van der Waals surface area contributed by atoms with Crippen molar-refractivity contribution < 1.29 is 9.53 Å². The van der Waals surface area contributed by atoms with Gasteiger partial charge in [-0.2, -0.15) is 0 Å². The van der Waals surface area contributed by atoms with Crippen molar-refractivity contribution in [2.75, 3.05) is 20.3 Å². The topological polar surface area (TPSA) is 54.5 Å². The third kappa shape index (κ3) is 4.45. The molecule has 1 heterocycles. The molecule has 0 saturated heterocycles. The van der Waals surface area contributed by atoms with Crippen molar-refractivity contribution in [1.29, 1.82) is 0 Å². The summed E-state index contributed by atoms with van der Waals surface area (Å²) in [6.45, 7) is 3.81. The van der Waals surface area contributed by atoms with Crippen LogP contribution in [-0.2, 0) is 11.3 Å². The van der Waals surface area contributed by atoms with Crippen molar-refractivity contribution in [3.8, 4) is 0 Å². The van der Waals surface area contributed by atoms with Gasteiger partial charge in [-0.3, -0.25) is 0 Å². The predicted octanol–water partition coefficient (Wildman–Crippen LogP) is 2.49. The highest BCUT2D eigenvalue weighted by molar-refractivity contribution is 7.09. The van der Waals surface area contributed by atoms with Crippen LogP contribution in [0.4, 0.5) is 4.79 Å². The Morgan fingerprint density at radius 1 is 1.65 bits per heavy atom. The summed E-state index contributed by atoms with van der Waals surface area (Å²) >= 11 is 1.57. The Morgan fingerprint density at radius 2 is 2.45 bits per heavy atom. The highest BCUT2D eigenvalue weighted by atomic mass is 32.1. The number of thiazole rings is 1. The fourth-order valence-electron chi connectivity index (χ4n) is 2.25. The standard InChI is InChI=1S/C14H23N3O2S/c1-3-12(11-4-5-11)16-14(18)17(7-8-19-2)10-13-15-6-9-20-13/h6,9,11-12H,3-5,7-8,10H2,1-2H3,(H,16,18)/t12-/m0/s1. The van der Waals surface area contributed by atoms with Crippen molar-refractivity contribution in [2.24, 2.45) is 5.92 Å². The summed E-state index contributed by atoms with van der Waals surface area (Å²) in [5, 5.41) is 6.04. The summed E-state index contributed by atoms with van der Waals surface area (Å²) in [5.41, 5.74) is 0. The molecule has 0 radical (unpaired) electrons. The third-order valence-electron chi connectivity index (χ3n) is 3.60. The Balaban J connectivity index is 1.91. The van der Waals surface area contributed by atoms with Crippen LogP contribution >= 0.6 is 11.3 Å². The molecule has 6 heteroatoms. The number of ether oxygens (including phenoxy) is 1. The largest absolute Gasteiger partial charge is 0.383 e. The molecule has 1 saturated carbocycles. The van der Waals surface area contributed by atoms with Gasteiger partial charge in [-0.15, -0.1) is 11.3 Å². The first kappa shape index (κ1) is 15.3. The second-order valence-corrected chi connectivity index (χ2v) is 6.12. The van der Waals surface area contributed by atoms with Crippen LogP contribution in [-0.4, -0.2) is 42.2 Å². The Kier molecular flexibility index (Phi) is 5.79. The molecule has 112 valence electrons. The minimum absolute atomic E-state index is 0.00370. The Hall–Kier alpha value is -1.14. The minimum Gasteiger partial charge on any atom is -0.383 e. The molecule has 1 aromatic heterocycles. The van der Waals surface area contributed by atoms with E-state index in [0.717, 1.165) is 11.4 Å².